The van der Waals surface area contributed by atoms with Gasteiger partial charge in [-0.2, -0.15) is 0 Å². The monoisotopic (exact) mass is 610 g/mol. The molecule has 206 valence electrons. The van der Waals surface area contributed by atoms with E-state index in [-0.39, 0.29) is 12.1 Å². The van der Waals surface area contributed by atoms with Gasteiger partial charge in [0.1, 0.15) is 17.6 Å². The highest BCUT2D eigenvalue weighted by atomic mass is 35.5. The maximum absolute atomic E-state index is 6.95. The van der Waals surface area contributed by atoms with Crippen LogP contribution in [0.3, 0.4) is 0 Å². The zero-order valence-electron chi connectivity index (χ0n) is 22.2. The number of pyridine rings is 1. The topological polar surface area (TPSA) is 44.5 Å². The molecule has 40 heavy (non-hydrogen) atoms. The number of nitrogens with zero attached hydrogens (tertiary/aromatic N) is 3. The van der Waals surface area contributed by atoms with Crippen molar-refractivity contribution in [2.75, 3.05) is 22.9 Å². The van der Waals surface area contributed by atoms with E-state index in [2.05, 4.69) is 46.1 Å². The minimum Gasteiger partial charge on any atom is -0.459 e. The summed E-state index contributed by atoms with van der Waals surface area (Å²) in [5.41, 5.74) is 3.52. The van der Waals surface area contributed by atoms with Gasteiger partial charge in [0.2, 0.25) is 0 Å². The number of hydrogen-bond donors (Lipinski definition) is 1. The molecule has 9 heteroatoms. The molecular weight excluding hydrogens is 583 g/mol. The number of rotatable bonds is 5. The van der Waals surface area contributed by atoms with Gasteiger partial charge in [0, 0.05) is 30.5 Å². The molecule has 4 atom stereocenters. The zero-order chi connectivity index (χ0) is 28.0. The van der Waals surface area contributed by atoms with Crippen LogP contribution in [0.5, 0.6) is 0 Å². The largest absolute Gasteiger partial charge is 0.459 e. The Morgan fingerprint density at radius 3 is 2.45 bits per heavy atom. The van der Waals surface area contributed by atoms with Crippen molar-refractivity contribution in [3.05, 3.63) is 99.4 Å². The van der Waals surface area contributed by atoms with Crippen LogP contribution in [0.15, 0.2) is 77.3 Å². The van der Waals surface area contributed by atoms with Crippen LogP contribution in [0.25, 0.3) is 11.3 Å². The molecule has 0 amide bonds. The molecule has 2 aliphatic heterocycles. The predicted octanol–water partition coefficient (Wildman–Crippen LogP) is 8.96. The van der Waals surface area contributed by atoms with Gasteiger partial charge < -0.3 is 19.5 Å². The van der Waals surface area contributed by atoms with Crippen molar-refractivity contribution < 1.29 is 4.42 Å². The highest BCUT2D eigenvalue weighted by Crippen LogP contribution is 2.45. The van der Waals surface area contributed by atoms with Crippen molar-refractivity contribution >= 4 is 63.5 Å². The summed E-state index contributed by atoms with van der Waals surface area (Å²) in [6.07, 6.45) is 3.02. The average molecular weight is 612 g/mol. The quantitative estimate of drug-likeness (QED) is 0.227. The lowest BCUT2D eigenvalue weighted by Crippen LogP contribution is -2.38. The molecule has 0 spiro atoms. The molecule has 4 aromatic rings. The SMILES string of the molecule is C[C@H]1C[C@H](C)CN(c2ccc(N3C(=S)N[C@@H](c4ccccn4)[C@@H]3c3ccc(-c4cccc(Cl)c4Cl)o3)cc2Cl)C1. The molecule has 0 saturated carbocycles. The van der Waals surface area contributed by atoms with Crippen LogP contribution >= 0.6 is 47.0 Å². The van der Waals surface area contributed by atoms with Gasteiger partial charge >= 0.3 is 0 Å². The summed E-state index contributed by atoms with van der Waals surface area (Å²) < 4.78 is 6.46. The lowest BCUT2D eigenvalue weighted by molar-refractivity contribution is 0.357. The molecule has 2 aromatic carbocycles. The summed E-state index contributed by atoms with van der Waals surface area (Å²) in [5.74, 6) is 2.59. The van der Waals surface area contributed by atoms with E-state index in [1.807, 2.05) is 48.5 Å². The lowest BCUT2D eigenvalue weighted by atomic mass is 9.91. The van der Waals surface area contributed by atoms with E-state index in [9.17, 15) is 0 Å². The van der Waals surface area contributed by atoms with E-state index < -0.39 is 0 Å². The summed E-state index contributed by atoms with van der Waals surface area (Å²) in [7, 11) is 0. The summed E-state index contributed by atoms with van der Waals surface area (Å²) >= 11 is 25.7. The number of aromatic nitrogens is 1. The highest BCUT2D eigenvalue weighted by molar-refractivity contribution is 7.80. The Kier molecular flexibility index (Phi) is 7.71. The summed E-state index contributed by atoms with van der Waals surface area (Å²) in [5, 5.41) is 5.68. The van der Waals surface area contributed by atoms with Crippen molar-refractivity contribution in [2.24, 2.45) is 11.8 Å². The molecule has 2 saturated heterocycles. The van der Waals surface area contributed by atoms with Gasteiger partial charge in [0.25, 0.3) is 0 Å². The van der Waals surface area contributed by atoms with Gasteiger partial charge in [0.05, 0.1) is 32.5 Å². The number of hydrogen-bond acceptors (Lipinski definition) is 4. The summed E-state index contributed by atoms with van der Waals surface area (Å²) in [6.45, 7) is 6.60. The van der Waals surface area contributed by atoms with Gasteiger partial charge in [-0.3, -0.25) is 4.98 Å². The molecule has 0 bridgehead atoms. The maximum Gasteiger partial charge on any atom is 0.174 e. The molecular formula is C31H29Cl3N4OS. The van der Waals surface area contributed by atoms with Gasteiger partial charge in [-0.1, -0.05) is 60.8 Å². The Morgan fingerprint density at radius 1 is 0.925 bits per heavy atom. The molecule has 5 nitrogen and oxygen atoms in total. The zero-order valence-corrected chi connectivity index (χ0v) is 25.2. The van der Waals surface area contributed by atoms with Crippen molar-refractivity contribution in [1.29, 1.82) is 0 Å². The Morgan fingerprint density at radius 2 is 1.73 bits per heavy atom. The van der Waals surface area contributed by atoms with Gasteiger partial charge in [-0.15, -0.1) is 0 Å². The minimum atomic E-state index is -0.314. The number of furan rings is 1. The van der Waals surface area contributed by atoms with E-state index in [1.165, 1.54) is 6.42 Å². The molecule has 0 radical (unpaired) electrons. The second-order valence-corrected chi connectivity index (χ2v) is 12.4. The van der Waals surface area contributed by atoms with Gasteiger partial charge in [-0.05, 0) is 85.1 Å². The van der Waals surface area contributed by atoms with Crippen molar-refractivity contribution in [2.45, 2.75) is 32.4 Å². The number of benzene rings is 2. The number of nitrogens with one attached hydrogen (secondary N) is 1. The number of piperidine rings is 1. The lowest BCUT2D eigenvalue weighted by Gasteiger charge is -2.37. The van der Waals surface area contributed by atoms with Crippen LogP contribution in [-0.2, 0) is 0 Å². The maximum atomic E-state index is 6.95. The standard InChI is InChI=1S/C31H29Cl3N4OS/c1-18-14-19(2)17-37(16-18)25-10-9-20(15-23(25)33)38-30(29(36-31(38)40)24-8-3-4-13-35-24)27-12-11-26(39-27)21-6-5-7-22(32)28(21)34/h3-13,15,18-19,29-30H,14,16-17H2,1-2H3,(H,36,40)/t18-,19-,29-,30-/m0/s1. The highest BCUT2D eigenvalue weighted by Gasteiger charge is 2.43. The van der Waals surface area contributed by atoms with E-state index in [0.29, 0.717) is 43.5 Å². The second-order valence-electron chi connectivity index (χ2n) is 10.8. The van der Waals surface area contributed by atoms with Crippen LogP contribution in [0, 0.1) is 11.8 Å². The fourth-order valence-electron chi connectivity index (χ4n) is 6.03. The van der Waals surface area contributed by atoms with Crippen LogP contribution in [-0.4, -0.2) is 23.2 Å². The van der Waals surface area contributed by atoms with Gasteiger partial charge in [0.15, 0.2) is 5.11 Å². The fraction of sp³-hybridized carbons (Fsp3) is 0.290. The Bertz CT molecular complexity index is 1530. The summed E-state index contributed by atoms with van der Waals surface area (Å²) in [4.78, 5) is 9.09. The first-order valence-electron chi connectivity index (χ1n) is 13.4. The first-order chi connectivity index (χ1) is 19.3. The molecule has 1 N–H and O–H groups in total. The number of halogens is 3. The molecule has 0 aliphatic carbocycles. The average Bonchev–Trinajstić information content (AvgIpc) is 3.54. The van der Waals surface area contributed by atoms with E-state index >= 15 is 0 Å². The predicted molar refractivity (Wildman–Crippen MR) is 169 cm³/mol. The molecule has 6 rings (SSSR count). The number of anilines is 2. The third kappa shape index (κ3) is 5.18. The van der Waals surface area contributed by atoms with E-state index in [0.717, 1.165) is 35.7 Å². The Labute approximate surface area is 255 Å². The normalized spacial score (nSPS) is 23.0. The molecule has 0 unspecified atom stereocenters. The van der Waals surface area contributed by atoms with Crippen LogP contribution < -0.4 is 15.1 Å². The first-order valence-corrected chi connectivity index (χ1v) is 14.9. The molecule has 2 fully saturated rings. The molecule has 4 heterocycles. The second kappa shape index (κ2) is 11.2. The van der Waals surface area contributed by atoms with Crippen LogP contribution in [0.1, 0.15) is 43.8 Å². The Balaban J connectivity index is 1.40. The van der Waals surface area contributed by atoms with Crippen molar-refractivity contribution in [3.8, 4) is 11.3 Å². The molecule has 2 aromatic heterocycles. The molecule has 2 aliphatic rings. The fourth-order valence-corrected chi connectivity index (χ4v) is 7.07. The minimum absolute atomic E-state index is 0.246. The van der Waals surface area contributed by atoms with E-state index in [1.54, 1.807) is 12.3 Å². The van der Waals surface area contributed by atoms with Crippen molar-refractivity contribution in [3.63, 3.8) is 0 Å². The van der Waals surface area contributed by atoms with Gasteiger partial charge in [-0.25, -0.2) is 0 Å². The smallest absolute Gasteiger partial charge is 0.174 e. The van der Waals surface area contributed by atoms with Crippen molar-refractivity contribution in [1.82, 2.24) is 10.3 Å². The third-order valence-electron chi connectivity index (χ3n) is 7.65. The van der Waals surface area contributed by atoms with Crippen LogP contribution in [0.2, 0.25) is 15.1 Å². The first kappa shape index (κ1) is 27.4. The third-order valence-corrected chi connectivity index (χ3v) is 9.09. The summed E-state index contributed by atoms with van der Waals surface area (Å²) in [6, 6.07) is 20.9. The number of thiocarbonyl (C=S) groups is 1. The van der Waals surface area contributed by atoms with Crippen LogP contribution in [0.4, 0.5) is 11.4 Å². The van der Waals surface area contributed by atoms with E-state index in [4.69, 9.17) is 51.4 Å². The Hall–Kier alpha value is -2.77.